The summed E-state index contributed by atoms with van der Waals surface area (Å²) in [4.78, 5) is 19.0. The SMILES string of the molecule is Cc1cc(Oc2ncnc3c2cnn3-c2ccccc2)ccc1[N+](=O)[O-]. The van der Waals surface area contributed by atoms with Crippen molar-refractivity contribution >= 4 is 16.7 Å². The van der Waals surface area contributed by atoms with E-state index >= 15 is 0 Å². The van der Waals surface area contributed by atoms with Crippen LogP contribution in [-0.2, 0) is 0 Å². The molecule has 2 aromatic heterocycles. The summed E-state index contributed by atoms with van der Waals surface area (Å²) in [6, 6.07) is 14.2. The second-order valence-corrected chi connectivity index (χ2v) is 5.62. The molecule has 0 amide bonds. The van der Waals surface area contributed by atoms with Gasteiger partial charge >= 0.3 is 0 Å². The van der Waals surface area contributed by atoms with Gasteiger partial charge < -0.3 is 4.74 Å². The maximum Gasteiger partial charge on any atom is 0.272 e. The van der Waals surface area contributed by atoms with Crippen molar-refractivity contribution in [3.63, 3.8) is 0 Å². The maximum atomic E-state index is 10.9. The predicted octanol–water partition coefficient (Wildman–Crippen LogP) is 3.82. The molecule has 0 aliphatic heterocycles. The predicted molar refractivity (Wildman–Crippen MR) is 94.6 cm³/mol. The molecule has 0 spiro atoms. The van der Waals surface area contributed by atoms with Crippen LogP contribution < -0.4 is 4.74 Å². The third kappa shape index (κ3) is 2.73. The van der Waals surface area contributed by atoms with E-state index in [1.807, 2.05) is 30.3 Å². The van der Waals surface area contributed by atoms with E-state index in [2.05, 4.69) is 15.1 Å². The zero-order valence-electron chi connectivity index (χ0n) is 13.7. The van der Waals surface area contributed by atoms with Gasteiger partial charge in [-0.2, -0.15) is 5.10 Å². The third-order valence-corrected chi connectivity index (χ3v) is 3.91. The van der Waals surface area contributed by atoms with E-state index in [1.165, 1.54) is 12.4 Å². The van der Waals surface area contributed by atoms with E-state index in [4.69, 9.17) is 4.74 Å². The van der Waals surface area contributed by atoms with Gasteiger partial charge in [-0.15, -0.1) is 0 Å². The molecule has 4 rings (SSSR count). The summed E-state index contributed by atoms with van der Waals surface area (Å²) in [5.74, 6) is 0.797. The van der Waals surface area contributed by atoms with Gasteiger partial charge in [-0.3, -0.25) is 10.1 Å². The highest BCUT2D eigenvalue weighted by Crippen LogP contribution is 2.30. The van der Waals surface area contributed by atoms with E-state index in [0.29, 0.717) is 28.2 Å². The van der Waals surface area contributed by atoms with Gasteiger partial charge in [0.25, 0.3) is 5.69 Å². The minimum Gasteiger partial charge on any atom is -0.438 e. The molecule has 8 nitrogen and oxygen atoms in total. The van der Waals surface area contributed by atoms with E-state index < -0.39 is 4.92 Å². The number of fused-ring (bicyclic) bond motifs is 1. The highest BCUT2D eigenvalue weighted by Gasteiger charge is 2.15. The Hall–Kier alpha value is -3.81. The van der Waals surface area contributed by atoms with Crippen LogP contribution in [0.3, 0.4) is 0 Å². The molecule has 0 radical (unpaired) electrons. The number of para-hydroxylation sites is 1. The third-order valence-electron chi connectivity index (χ3n) is 3.91. The molecule has 0 unspecified atom stereocenters. The van der Waals surface area contributed by atoms with Crippen molar-refractivity contribution in [1.29, 1.82) is 0 Å². The highest BCUT2D eigenvalue weighted by atomic mass is 16.6. The average Bonchev–Trinajstić information content (AvgIpc) is 3.07. The molecule has 0 bridgehead atoms. The van der Waals surface area contributed by atoms with Crippen LogP contribution in [0.5, 0.6) is 11.6 Å². The largest absolute Gasteiger partial charge is 0.438 e. The summed E-state index contributed by atoms with van der Waals surface area (Å²) in [7, 11) is 0. The quantitative estimate of drug-likeness (QED) is 0.411. The topological polar surface area (TPSA) is 96.0 Å². The normalized spacial score (nSPS) is 10.8. The van der Waals surface area contributed by atoms with Gasteiger partial charge in [0.05, 0.1) is 16.8 Å². The van der Waals surface area contributed by atoms with Crippen LogP contribution in [0.4, 0.5) is 5.69 Å². The molecule has 0 saturated heterocycles. The van der Waals surface area contributed by atoms with E-state index in [0.717, 1.165) is 5.69 Å². The van der Waals surface area contributed by atoms with Gasteiger partial charge in [-0.05, 0) is 31.2 Å². The van der Waals surface area contributed by atoms with Crippen molar-refractivity contribution in [3.05, 3.63) is 76.7 Å². The van der Waals surface area contributed by atoms with E-state index in [9.17, 15) is 10.1 Å². The number of nitro groups is 1. The average molecular weight is 347 g/mol. The van der Waals surface area contributed by atoms with Crippen molar-refractivity contribution in [3.8, 4) is 17.3 Å². The fraction of sp³-hybridized carbons (Fsp3) is 0.0556. The Labute approximate surface area is 147 Å². The van der Waals surface area contributed by atoms with Crippen LogP contribution in [0.2, 0.25) is 0 Å². The molecule has 0 saturated carbocycles. The van der Waals surface area contributed by atoms with Gasteiger partial charge in [0, 0.05) is 11.6 Å². The van der Waals surface area contributed by atoms with Crippen LogP contribution in [0, 0.1) is 17.0 Å². The molecule has 2 heterocycles. The lowest BCUT2D eigenvalue weighted by Gasteiger charge is -2.07. The number of aromatic nitrogens is 4. The first-order valence-electron chi connectivity index (χ1n) is 7.80. The summed E-state index contributed by atoms with van der Waals surface area (Å²) >= 11 is 0. The maximum absolute atomic E-state index is 10.9. The minimum atomic E-state index is -0.425. The summed E-state index contributed by atoms with van der Waals surface area (Å²) in [6.07, 6.45) is 3.03. The number of ether oxygens (including phenoxy) is 1. The first kappa shape index (κ1) is 15.7. The molecule has 0 N–H and O–H groups in total. The Kier molecular flexibility index (Phi) is 3.77. The Morgan fingerprint density at radius 3 is 2.65 bits per heavy atom. The molecule has 2 aromatic carbocycles. The van der Waals surface area contributed by atoms with Crippen molar-refractivity contribution in [2.24, 2.45) is 0 Å². The van der Waals surface area contributed by atoms with Gasteiger partial charge in [0.2, 0.25) is 5.88 Å². The minimum absolute atomic E-state index is 0.0436. The fourth-order valence-corrected chi connectivity index (χ4v) is 2.67. The van der Waals surface area contributed by atoms with Gasteiger partial charge in [-0.1, -0.05) is 18.2 Å². The monoisotopic (exact) mass is 347 g/mol. The number of nitrogens with zero attached hydrogens (tertiary/aromatic N) is 5. The second-order valence-electron chi connectivity index (χ2n) is 5.62. The molecule has 0 aliphatic rings. The standard InChI is InChI=1S/C18H13N5O3/c1-12-9-14(7-8-16(12)23(24)25)26-18-15-10-21-22(17(15)19-11-20-18)13-5-3-2-4-6-13/h2-11H,1H3. The fourth-order valence-electron chi connectivity index (χ4n) is 2.67. The molecule has 4 aromatic rings. The first-order chi connectivity index (χ1) is 12.6. The molecular weight excluding hydrogens is 334 g/mol. The van der Waals surface area contributed by atoms with Crippen molar-refractivity contribution in [2.75, 3.05) is 0 Å². The summed E-state index contributed by atoms with van der Waals surface area (Å²) < 4.78 is 7.53. The lowest BCUT2D eigenvalue weighted by Crippen LogP contribution is -1.98. The zero-order valence-corrected chi connectivity index (χ0v) is 13.7. The Bertz CT molecular complexity index is 1110. The summed E-state index contributed by atoms with van der Waals surface area (Å²) in [6.45, 7) is 1.66. The molecule has 128 valence electrons. The molecule has 0 aliphatic carbocycles. The van der Waals surface area contributed by atoms with Crippen LogP contribution in [0.25, 0.3) is 16.7 Å². The Balaban J connectivity index is 1.73. The number of rotatable bonds is 4. The molecule has 0 fully saturated rings. The van der Waals surface area contributed by atoms with Gasteiger partial charge in [-0.25, -0.2) is 14.6 Å². The number of hydrogen-bond donors (Lipinski definition) is 0. The highest BCUT2D eigenvalue weighted by molar-refractivity contribution is 5.81. The van der Waals surface area contributed by atoms with Crippen molar-refractivity contribution < 1.29 is 9.66 Å². The molecular formula is C18H13N5O3. The van der Waals surface area contributed by atoms with Crippen LogP contribution in [0.15, 0.2) is 61.1 Å². The summed E-state index contributed by atoms with van der Waals surface area (Å²) in [5, 5.41) is 16.0. The smallest absolute Gasteiger partial charge is 0.272 e. The number of benzene rings is 2. The molecule has 26 heavy (non-hydrogen) atoms. The number of aryl methyl sites for hydroxylation is 1. The number of hydrogen-bond acceptors (Lipinski definition) is 6. The summed E-state index contributed by atoms with van der Waals surface area (Å²) in [5.41, 5.74) is 2.04. The van der Waals surface area contributed by atoms with Gasteiger partial charge in [0.1, 0.15) is 17.5 Å². The van der Waals surface area contributed by atoms with Crippen LogP contribution >= 0.6 is 0 Å². The zero-order chi connectivity index (χ0) is 18.1. The van der Waals surface area contributed by atoms with E-state index in [1.54, 1.807) is 29.9 Å². The first-order valence-corrected chi connectivity index (χ1v) is 7.80. The van der Waals surface area contributed by atoms with Crippen molar-refractivity contribution in [2.45, 2.75) is 6.92 Å². The number of nitro benzene ring substituents is 1. The van der Waals surface area contributed by atoms with Crippen LogP contribution in [0.1, 0.15) is 5.56 Å². The molecule has 0 atom stereocenters. The Morgan fingerprint density at radius 2 is 1.92 bits per heavy atom. The van der Waals surface area contributed by atoms with E-state index in [-0.39, 0.29) is 5.69 Å². The lowest BCUT2D eigenvalue weighted by atomic mass is 10.2. The molecule has 8 heteroatoms. The lowest BCUT2D eigenvalue weighted by molar-refractivity contribution is -0.385. The Morgan fingerprint density at radius 1 is 1.12 bits per heavy atom. The van der Waals surface area contributed by atoms with Gasteiger partial charge in [0.15, 0.2) is 5.65 Å². The van der Waals surface area contributed by atoms with Crippen molar-refractivity contribution in [1.82, 2.24) is 19.7 Å². The van der Waals surface area contributed by atoms with Crippen LogP contribution in [-0.4, -0.2) is 24.7 Å². The second kappa shape index (κ2) is 6.25.